The molecule has 0 fully saturated rings. The number of benzene rings is 1. The van der Waals surface area contributed by atoms with Crippen molar-refractivity contribution in [1.29, 1.82) is 0 Å². The Labute approximate surface area is 120 Å². The fourth-order valence-electron chi connectivity index (χ4n) is 1.52. The smallest absolute Gasteiger partial charge is 0.149 e. The Kier molecular flexibility index (Phi) is 4.19. The second-order valence-corrected chi connectivity index (χ2v) is 5.38. The van der Waals surface area contributed by atoms with Crippen LogP contribution in [0.2, 0.25) is 5.15 Å². The first-order valence-corrected chi connectivity index (χ1v) is 6.78. The molecule has 0 radical (unpaired) electrons. The summed E-state index contributed by atoms with van der Waals surface area (Å²) >= 11 is 9.26. The monoisotopic (exact) mass is 325 g/mol. The average molecular weight is 327 g/mol. The lowest BCUT2D eigenvalue weighted by molar-refractivity contribution is 0.867. The second-order valence-electron chi connectivity index (χ2n) is 4.23. The van der Waals surface area contributed by atoms with E-state index < -0.39 is 0 Å². The quantitative estimate of drug-likeness (QED) is 0.826. The SMILES string of the molecule is CC(C)c1ccc(Nc2ncnc(Cl)c2Br)cc1. The first-order chi connectivity index (χ1) is 8.58. The number of rotatable bonds is 3. The molecule has 0 saturated carbocycles. The van der Waals surface area contributed by atoms with Crippen molar-refractivity contribution in [2.45, 2.75) is 19.8 Å². The average Bonchev–Trinajstić information content (AvgIpc) is 2.36. The summed E-state index contributed by atoms with van der Waals surface area (Å²) in [4.78, 5) is 8.02. The molecule has 2 aromatic rings. The summed E-state index contributed by atoms with van der Waals surface area (Å²) in [5.74, 6) is 1.19. The molecule has 1 aromatic heterocycles. The lowest BCUT2D eigenvalue weighted by atomic mass is 10.0. The van der Waals surface area contributed by atoms with Gasteiger partial charge in [0.25, 0.3) is 0 Å². The number of nitrogens with zero attached hydrogens (tertiary/aromatic N) is 2. The lowest BCUT2D eigenvalue weighted by Gasteiger charge is -2.10. The molecule has 0 amide bonds. The van der Waals surface area contributed by atoms with Crippen LogP contribution < -0.4 is 5.32 Å². The maximum Gasteiger partial charge on any atom is 0.149 e. The minimum Gasteiger partial charge on any atom is -0.339 e. The first kappa shape index (κ1) is 13.3. The predicted octanol–water partition coefficient (Wildman–Crippen LogP) is 4.76. The standard InChI is InChI=1S/C13H13BrClN3/c1-8(2)9-3-5-10(6-4-9)18-13-11(14)12(15)16-7-17-13/h3-8H,1-2H3,(H,16,17,18). The van der Waals surface area contributed by atoms with Crippen LogP contribution in [0.5, 0.6) is 0 Å². The van der Waals surface area contributed by atoms with E-state index in [1.807, 2.05) is 12.1 Å². The molecule has 1 aromatic carbocycles. The van der Waals surface area contributed by atoms with E-state index in [0.29, 0.717) is 21.4 Å². The summed E-state index contributed by atoms with van der Waals surface area (Å²) in [6.45, 7) is 4.34. The zero-order valence-electron chi connectivity index (χ0n) is 10.1. The van der Waals surface area contributed by atoms with Gasteiger partial charge in [-0.25, -0.2) is 9.97 Å². The van der Waals surface area contributed by atoms with Gasteiger partial charge in [0.1, 0.15) is 17.3 Å². The molecule has 5 heteroatoms. The van der Waals surface area contributed by atoms with Gasteiger partial charge < -0.3 is 5.32 Å². The molecule has 94 valence electrons. The number of hydrogen-bond acceptors (Lipinski definition) is 3. The van der Waals surface area contributed by atoms with Crippen molar-refractivity contribution in [3.63, 3.8) is 0 Å². The summed E-state index contributed by atoms with van der Waals surface area (Å²) in [5.41, 5.74) is 2.27. The lowest BCUT2D eigenvalue weighted by Crippen LogP contribution is -1.96. The molecule has 1 N–H and O–H groups in total. The summed E-state index contributed by atoms with van der Waals surface area (Å²) < 4.78 is 0.666. The van der Waals surface area contributed by atoms with Gasteiger partial charge in [0.15, 0.2) is 0 Å². The highest BCUT2D eigenvalue weighted by Gasteiger charge is 2.07. The zero-order valence-corrected chi connectivity index (χ0v) is 12.5. The minimum atomic E-state index is 0.395. The maximum absolute atomic E-state index is 5.91. The molecular formula is C13H13BrClN3. The molecule has 0 unspecified atom stereocenters. The van der Waals surface area contributed by atoms with Crippen LogP contribution in [0.4, 0.5) is 11.5 Å². The Bertz CT molecular complexity index is 540. The van der Waals surface area contributed by atoms with Crippen molar-refractivity contribution >= 4 is 39.0 Å². The molecule has 0 aliphatic carbocycles. The molecule has 0 aliphatic heterocycles. The van der Waals surface area contributed by atoms with Crippen LogP contribution in [0.1, 0.15) is 25.3 Å². The van der Waals surface area contributed by atoms with Crippen LogP contribution in [0.3, 0.4) is 0 Å². The van der Waals surface area contributed by atoms with Crippen LogP contribution in [-0.4, -0.2) is 9.97 Å². The van der Waals surface area contributed by atoms with Crippen molar-refractivity contribution in [3.05, 3.63) is 45.8 Å². The largest absolute Gasteiger partial charge is 0.339 e. The van der Waals surface area contributed by atoms with Crippen molar-refractivity contribution in [2.24, 2.45) is 0 Å². The zero-order chi connectivity index (χ0) is 13.1. The van der Waals surface area contributed by atoms with E-state index in [1.165, 1.54) is 11.9 Å². The third kappa shape index (κ3) is 3.00. The minimum absolute atomic E-state index is 0.395. The van der Waals surface area contributed by atoms with Crippen molar-refractivity contribution in [2.75, 3.05) is 5.32 Å². The van der Waals surface area contributed by atoms with E-state index >= 15 is 0 Å². The number of hydrogen-bond donors (Lipinski definition) is 1. The normalized spacial score (nSPS) is 10.7. The highest BCUT2D eigenvalue weighted by Crippen LogP contribution is 2.28. The Morgan fingerprint density at radius 1 is 1.17 bits per heavy atom. The molecule has 0 bridgehead atoms. The van der Waals surface area contributed by atoms with Gasteiger partial charge in [0.05, 0.1) is 4.47 Å². The van der Waals surface area contributed by atoms with E-state index in [-0.39, 0.29) is 0 Å². The number of halogens is 2. The van der Waals surface area contributed by atoms with Gasteiger partial charge in [-0.3, -0.25) is 0 Å². The maximum atomic E-state index is 5.91. The van der Waals surface area contributed by atoms with Crippen LogP contribution in [0.15, 0.2) is 35.1 Å². The number of aromatic nitrogens is 2. The highest BCUT2D eigenvalue weighted by molar-refractivity contribution is 9.10. The fourth-order valence-corrected chi connectivity index (χ4v) is 1.96. The summed E-state index contributed by atoms with van der Waals surface area (Å²) in [6, 6.07) is 8.25. The summed E-state index contributed by atoms with van der Waals surface area (Å²) in [5, 5.41) is 3.59. The van der Waals surface area contributed by atoms with Crippen molar-refractivity contribution in [1.82, 2.24) is 9.97 Å². The van der Waals surface area contributed by atoms with E-state index in [0.717, 1.165) is 5.69 Å². The molecule has 0 spiro atoms. The van der Waals surface area contributed by atoms with Gasteiger partial charge >= 0.3 is 0 Å². The fraction of sp³-hybridized carbons (Fsp3) is 0.231. The van der Waals surface area contributed by atoms with Crippen molar-refractivity contribution < 1.29 is 0 Å². The molecule has 0 atom stereocenters. The van der Waals surface area contributed by atoms with Crippen LogP contribution in [0, 0.1) is 0 Å². The van der Waals surface area contributed by atoms with Crippen LogP contribution >= 0.6 is 27.5 Å². The molecule has 1 heterocycles. The Balaban J connectivity index is 2.21. The molecule has 2 rings (SSSR count). The van der Waals surface area contributed by atoms with E-state index in [4.69, 9.17) is 11.6 Å². The van der Waals surface area contributed by atoms with Gasteiger partial charge in [0.2, 0.25) is 0 Å². The summed E-state index contributed by atoms with van der Waals surface area (Å²) in [6.07, 6.45) is 1.43. The highest BCUT2D eigenvalue weighted by atomic mass is 79.9. The second kappa shape index (κ2) is 5.67. The molecule has 18 heavy (non-hydrogen) atoms. The molecule has 3 nitrogen and oxygen atoms in total. The summed E-state index contributed by atoms with van der Waals surface area (Å²) in [7, 11) is 0. The van der Waals surface area contributed by atoms with Gasteiger partial charge in [0, 0.05) is 5.69 Å². The first-order valence-electron chi connectivity index (χ1n) is 5.61. The topological polar surface area (TPSA) is 37.8 Å². The Morgan fingerprint density at radius 2 is 1.83 bits per heavy atom. The molecular weight excluding hydrogens is 314 g/mol. The van der Waals surface area contributed by atoms with E-state index in [2.05, 4.69) is 57.2 Å². The number of anilines is 2. The van der Waals surface area contributed by atoms with Crippen LogP contribution in [0.25, 0.3) is 0 Å². The van der Waals surface area contributed by atoms with Gasteiger partial charge in [-0.15, -0.1) is 0 Å². The Hall–Kier alpha value is -1.13. The molecule has 0 saturated heterocycles. The van der Waals surface area contributed by atoms with Crippen molar-refractivity contribution in [3.8, 4) is 0 Å². The third-order valence-corrected chi connectivity index (χ3v) is 3.85. The number of nitrogens with one attached hydrogen (secondary N) is 1. The molecule has 0 aliphatic rings. The predicted molar refractivity (Wildman–Crippen MR) is 78.6 cm³/mol. The van der Waals surface area contributed by atoms with Gasteiger partial charge in [-0.05, 0) is 39.5 Å². The van der Waals surface area contributed by atoms with Gasteiger partial charge in [-0.2, -0.15) is 0 Å². The van der Waals surface area contributed by atoms with Crippen LogP contribution in [-0.2, 0) is 0 Å². The van der Waals surface area contributed by atoms with E-state index in [1.54, 1.807) is 0 Å². The third-order valence-electron chi connectivity index (χ3n) is 2.59. The van der Waals surface area contributed by atoms with E-state index in [9.17, 15) is 0 Å². The Morgan fingerprint density at radius 3 is 2.44 bits per heavy atom. The van der Waals surface area contributed by atoms with Gasteiger partial charge in [-0.1, -0.05) is 37.6 Å².